The van der Waals surface area contributed by atoms with Crippen LogP contribution in [0.15, 0.2) is 0 Å². The number of aliphatic carboxylic acids is 1. The number of hydrogen-bond donors (Lipinski definition) is 2. The third-order valence-electron chi connectivity index (χ3n) is 3.11. The van der Waals surface area contributed by atoms with Gasteiger partial charge in [-0.05, 0) is 19.3 Å². The van der Waals surface area contributed by atoms with Crippen molar-refractivity contribution >= 4 is 11.9 Å². The minimum absolute atomic E-state index is 0.0352. The second kappa shape index (κ2) is 5.13. The molecule has 1 aliphatic carbocycles. The summed E-state index contributed by atoms with van der Waals surface area (Å²) in [6.07, 6.45) is -11.8. The topological polar surface area (TPSA) is 66.4 Å². The highest BCUT2D eigenvalue weighted by Gasteiger charge is 2.62. The van der Waals surface area contributed by atoms with Crippen LogP contribution in [0.3, 0.4) is 0 Å². The molecule has 20 heavy (non-hydrogen) atoms. The molecule has 0 radical (unpaired) electrons. The van der Waals surface area contributed by atoms with Gasteiger partial charge in [0.05, 0.1) is 12.0 Å². The molecule has 0 aromatic rings. The smallest absolute Gasteiger partial charge is 0.409 e. The van der Waals surface area contributed by atoms with Crippen LogP contribution >= 0.6 is 0 Å². The predicted octanol–water partition coefficient (Wildman–Crippen LogP) is 2.24. The molecule has 116 valence electrons. The average Bonchev–Trinajstić information content (AvgIpc) is 2.07. The van der Waals surface area contributed by atoms with Gasteiger partial charge in [-0.1, -0.05) is 0 Å². The van der Waals surface area contributed by atoms with Crippen LogP contribution in [0, 0.1) is 5.92 Å². The molecular formula is C10H11F6NO3. The average molecular weight is 307 g/mol. The lowest BCUT2D eigenvalue weighted by atomic mass is 9.74. The van der Waals surface area contributed by atoms with E-state index in [4.69, 9.17) is 5.11 Å². The lowest BCUT2D eigenvalue weighted by Gasteiger charge is -2.42. The maximum Gasteiger partial charge on any atom is 0.409 e. The SMILES string of the molecule is O=C(O)CC1(NC(=O)C(C(F)(F)F)C(F)(F)F)CCC1. The minimum atomic E-state index is -5.78. The first-order valence-corrected chi connectivity index (χ1v) is 5.55. The maximum absolute atomic E-state index is 12.3. The molecule has 1 aliphatic rings. The Morgan fingerprint density at radius 1 is 1.10 bits per heavy atom. The third kappa shape index (κ3) is 3.76. The van der Waals surface area contributed by atoms with Gasteiger partial charge in [-0.3, -0.25) is 9.59 Å². The van der Waals surface area contributed by atoms with Crippen LogP contribution in [-0.2, 0) is 9.59 Å². The number of carbonyl (C=O) groups is 2. The van der Waals surface area contributed by atoms with Gasteiger partial charge in [0.2, 0.25) is 11.8 Å². The van der Waals surface area contributed by atoms with Crippen molar-refractivity contribution in [2.75, 3.05) is 0 Å². The first-order valence-electron chi connectivity index (χ1n) is 5.55. The zero-order valence-electron chi connectivity index (χ0n) is 9.94. The molecule has 0 spiro atoms. The standard InChI is InChI=1S/C10H11F6NO3/c11-9(12,13)6(10(14,15)16)7(20)17-8(2-1-3-8)4-5(18)19/h6H,1-4H2,(H,17,20)(H,18,19). The van der Waals surface area contributed by atoms with Crippen molar-refractivity contribution in [3.05, 3.63) is 0 Å². The number of hydrogen-bond acceptors (Lipinski definition) is 2. The zero-order chi connectivity index (χ0) is 15.8. The van der Waals surface area contributed by atoms with Gasteiger partial charge in [0.25, 0.3) is 0 Å². The van der Waals surface area contributed by atoms with Crippen molar-refractivity contribution in [3.8, 4) is 0 Å². The van der Waals surface area contributed by atoms with Crippen molar-refractivity contribution in [2.24, 2.45) is 5.92 Å². The van der Waals surface area contributed by atoms with Gasteiger partial charge in [-0.2, -0.15) is 26.3 Å². The van der Waals surface area contributed by atoms with Crippen LogP contribution in [0.2, 0.25) is 0 Å². The Bertz CT molecular complexity index is 385. The van der Waals surface area contributed by atoms with E-state index in [1.807, 2.05) is 0 Å². The Balaban J connectivity index is 2.89. The van der Waals surface area contributed by atoms with Crippen molar-refractivity contribution < 1.29 is 41.0 Å². The summed E-state index contributed by atoms with van der Waals surface area (Å²) in [6.45, 7) is 0. The number of carbonyl (C=O) groups excluding carboxylic acids is 1. The molecule has 4 nitrogen and oxygen atoms in total. The third-order valence-corrected chi connectivity index (χ3v) is 3.11. The number of amides is 1. The van der Waals surface area contributed by atoms with E-state index in [1.54, 1.807) is 5.32 Å². The van der Waals surface area contributed by atoms with E-state index in [0.29, 0.717) is 6.42 Å². The summed E-state index contributed by atoms with van der Waals surface area (Å²) in [5.74, 6) is -7.81. The number of nitrogens with one attached hydrogen (secondary N) is 1. The molecule has 0 atom stereocenters. The number of halogens is 6. The molecule has 0 saturated heterocycles. The minimum Gasteiger partial charge on any atom is -0.481 e. The lowest BCUT2D eigenvalue weighted by Crippen LogP contribution is -2.59. The van der Waals surface area contributed by atoms with Gasteiger partial charge in [-0.15, -0.1) is 0 Å². The molecule has 1 fully saturated rings. The van der Waals surface area contributed by atoms with Gasteiger partial charge in [0.15, 0.2) is 0 Å². The van der Waals surface area contributed by atoms with E-state index >= 15 is 0 Å². The fourth-order valence-electron chi connectivity index (χ4n) is 2.06. The van der Waals surface area contributed by atoms with Crippen LogP contribution < -0.4 is 5.32 Å². The summed E-state index contributed by atoms with van der Waals surface area (Å²) >= 11 is 0. The summed E-state index contributed by atoms with van der Waals surface area (Å²) < 4.78 is 74.0. The zero-order valence-corrected chi connectivity index (χ0v) is 9.94. The molecule has 1 amide bonds. The maximum atomic E-state index is 12.3. The summed E-state index contributed by atoms with van der Waals surface area (Å²) in [7, 11) is 0. The summed E-state index contributed by atoms with van der Waals surface area (Å²) in [5.41, 5.74) is -1.52. The molecule has 0 unspecified atom stereocenters. The second-order valence-electron chi connectivity index (χ2n) is 4.71. The van der Waals surface area contributed by atoms with E-state index in [0.717, 1.165) is 0 Å². The molecule has 0 heterocycles. The van der Waals surface area contributed by atoms with Gasteiger partial charge in [0.1, 0.15) is 0 Å². The largest absolute Gasteiger partial charge is 0.481 e. The first kappa shape index (κ1) is 16.6. The van der Waals surface area contributed by atoms with Crippen molar-refractivity contribution in [2.45, 2.75) is 43.6 Å². The fourth-order valence-corrected chi connectivity index (χ4v) is 2.06. The van der Waals surface area contributed by atoms with Crippen molar-refractivity contribution in [3.63, 3.8) is 0 Å². The Morgan fingerprint density at radius 2 is 1.55 bits per heavy atom. The van der Waals surface area contributed by atoms with E-state index in [2.05, 4.69) is 0 Å². The number of carboxylic acids is 1. The number of carboxylic acid groups (broad SMARTS) is 1. The number of rotatable bonds is 4. The molecule has 10 heteroatoms. The molecule has 1 saturated carbocycles. The molecule has 0 aromatic heterocycles. The van der Waals surface area contributed by atoms with E-state index in [9.17, 15) is 35.9 Å². The van der Waals surface area contributed by atoms with Crippen molar-refractivity contribution in [1.29, 1.82) is 0 Å². The summed E-state index contributed by atoms with van der Waals surface area (Å²) in [4.78, 5) is 21.8. The van der Waals surface area contributed by atoms with Gasteiger partial charge >= 0.3 is 18.3 Å². The summed E-state index contributed by atoms with van der Waals surface area (Å²) in [6, 6.07) is 0. The Labute approximate surface area is 109 Å². The lowest BCUT2D eigenvalue weighted by molar-refractivity contribution is -0.274. The van der Waals surface area contributed by atoms with E-state index in [1.165, 1.54) is 0 Å². The highest BCUT2D eigenvalue weighted by molar-refractivity contribution is 5.82. The van der Waals surface area contributed by atoms with E-state index < -0.39 is 42.1 Å². The summed E-state index contributed by atoms with van der Waals surface area (Å²) in [5, 5.41) is 10.2. The highest BCUT2D eigenvalue weighted by Crippen LogP contribution is 2.41. The van der Waals surface area contributed by atoms with Gasteiger partial charge in [0, 0.05) is 0 Å². The molecule has 0 aromatic carbocycles. The first-order chi connectivity index (χ1) is 8.87. The Kier molecular flexibility index (Phi) is 4.25. The van der Waals surface area contributed by atoms with E-state index in [-0.39, 0.29) is 12.8 Å². The molecule has 2 N–H and O–H groups in total. The van der Waals surface area contributed by atoms with Crippen molar-refractivity contribution in [1.82, 2.24) is 5.32 Å². The second-order valence-corrected chi connectivity index (χ2v) is 4.71. The quantitative estimate of drug-likeness (QED) is 0.783. The monoisotopic (exact) mass is 307 g/mol. The molecular weight excluding hydrogens is 296 g/mol. The fraction of sp³-hybridized carbons (Fsp3) is 0.800. The van der Waals surface area contributed by atoms with Crippen LogP contribution in [0.5, 0.6) is 0 Å². The van der Waals surface area contributed by atoms with Gasteiger partial charge < -0.3 is 10.4 Å². The number of alkyl halides is 6. The molecule has 0 aliphatic heterocycles. The molecule has 1 rings (SSSR count). The van der Waals surface area contributed by atoms with Crippen LogP contribution in [-0.4, -0.2) is 34.9 Å². The normalized spacial score (nSPS) is 18.6. The van der Waals surface area contributed by atoms with Crippen LogP contribution in [0.4, 0.5) is 26.3 Å². The Hall–Kier alpha value is -1.48. The Morgan fingerprint density at radius 3 is 1.80 bits per heavy atom. The van der Waals surface area contributed by atoms with Gasteiger partial charge in [-0.25, -0.2) is 0 Å². The van der Waals surface area contributed by atoms with Crippen LogP contribution in [0.25, 0.3) is 0 Å². The highest BCUT2D eigenvalue weighted by atomic mass is 19.4. The predicted molar refractivity (Wildman–Crippen MR) is 52.6 cm³/mol. The molecule has 0 bridgehead atoms. The van der Waals surface area contributed by atoms with Crippen LogP contribution in [0.1, 0.15) is 25.7 Å².